The van der Waals surface area contributed by atoms with Gasteiger partial charge in [0.2, 0.25) is 0 Å². The van der Waals surface area contributed by atoms with E-state index in [1.165, 1.54) is 12.2 Å². The molecule has 0 bridgehead atoms. The summed E-state index contributed by atoms with van der Waals surface area (Å²) in [6, 6.07) is 10.3. The SMILES string of the molecule is CC(C)COC(=O)/C=C/c1cccc(COc2ccc(-c3ccn[nH]3)nc2)c1F. The predicted molar refractivity (Wildman–Crippen MR) is 107 cm³/mol. The summed E-state index contributed by atoms with van der Waals surface area (Å²) in [5, 5.41) is 6.72. The van der Waals surface area contributed by atoms with Gasteiger partial charge in [-0.15, -0.1) is 0 Å². The van der Waals surface area contributed by atoms with Crippen LogP contribution in [0.2, 0.25) is 0 Å². The van der Waals surface area contributed by atoms with Crippen molar-refractivity contribution in [2.75, 3.05) is 6.61 Å². The zero-order valence-electron chi connectivity index (χ0n) is 16.3. The minimum absolute atomic E-state index is 0.0381. The lowest BCUT2D eigenvalue weighted by molar-refractivity contribution is -0.138. The lowest BCUT2D eigenvalue weighted by Crippen LogP contribution is -2.07. The average Bonchev–Trinajstić information content (AvgIpc) is 3.26. The van der Waals surface area contributed by atoms with Gasteiger partial charge in [0.15, 0.2) is 0 Å². The van der Waals surface area contributed by atoms with Gasteiger partial charge in [-0.2, -0.15) is 5.10 Å². The summed E-state index contributed by atoms with van der Waals surface area (Å²) in [6.45, 7) is 4.25. The van der Waals surface area contributed by atoms with Gasteiger partial charge in [-0.1, -0.05) is 32.0 Å². The van der Waals surface area contributed by atoms with Crippen LogP contribution in [0.1, 0.15) is 25.0 Å². The molecule has 3 aromatic rings. The summed E-state index contributed by atoms with van der Waals surface area (Å²) in [5.74, 6) is -0.177. The molecule has 0 atom stereocenters. The number of halogens is 1. The second-order valence-corrected chi connectivity index (χ2v) is 6.82. The van der Waals surface area contributed by atoms with E-state index in [0.29, 0.717) is 23.5 Å². The Morgan fingerprint density at radius 3 is 2.79 bits per heavy atom. The second kappa shape index (κ2) is 9.64. The first kappa shape index (κ1) is 20.3. The fourth-order valence-electron chi connectivity index (χ4n) is 2.48. The quantitative estimate of drug-likeness (QED) is 0.452. The monoisotopic (exact) mass is 395 g/mol. The van der Waals surface area contributed by atoms with Gasteiger partial charge in [-0.05, 0) is 30.2 Å². The number of nitrogens with one attached hydrogen (secondary N) is 1. The maximum Gasteiger partial charge on any atom is 0.330 e. The zero-order valence-corrected chi connectivity index (χ0v) is 16.3. The predicted octanol–water partition coefficient (Wildman–Crippen LogP) is 4.40. The molecule has 0 saturated heterocycles. The Morgan fingerprint density at radius 1 is 1.24 bits per heavy atom. The van der Waals surface area contributed by atoms with E-state index < -0.39 is 11.8 Å². The number of pyridine rings is 1. The number of ether oxygens (including phenoxy) is 2. The molecule has 3 rings (SSSR count). The number of carbonyl (C=O) groups excluding carboxylic acids is 1. The standard InChI is InChI=1S/C22H22FN3O3/c1-15(2)13-29-21(27)9-6-16-4-3-5-17(22(16)23)14-28-18-7-8-19(24-12-18)20-10-11-25-26-20/h3-12,15H,13-14H2,1-2H3,(H,25,26)/b9-6+. The Labute approximate surface area is 168 Å². The van der Waals surface area contributed by atoms with E-state index in [1.54, 1.807) is 42.7 Å². The van der Waals surface area contributed by atoms with Gasteiger partial charge < -0.3 is 9.47 Å². The van der Waals surface area contributed by atoms with Crippen molar-refractivity contribution in [1.29, 1.82) is 0 Å². The van der Waals surface area contributed by atoms with E-state index in [1.807, 2.05) is 19.9 Å². The number of rotatable bonds is 8. The number of carbonyl (C=O) groups is 1. The van der Waals surface area contributed by atoms with Gasteiger partial charge >= 0.3 is 5.97 Å². The minimum atomic E-state index is -0.497. The molecule has 2 heterocycles. The van der Waals surface area contributed by atoms with Crippen molar-refractivity contribution < 1.29 is 18.7 Å². The molecule has 0 fully saturated rings. The maximum absolute atomic E-state index is 14.7. The Balaban J connectivity index is 1.61. The summed E-state index contributed by atoms with van der Waals surface area (Å²) in [6.07, 6.45) is 5.85. The first-order valence-corrected chi connectivity index (χ1v) is 9.23. The molecule has 0 spiro atoms. The number of H-pyrrole nitrogens is 1. The minimum Gasteiger partial charge on any atom is -0.487 e. The van der Waals surface area contributed by atoms with Gasteiger partial charge in [0.25, 0.3) is 0 Å². The molecule has 150 valence electrons. The normalized spacial score (nSPS) is 11.2. The van der Waals surface area contributed by atoms with E-state index in [9.17, 15) is 9.18 Å². The van der Waals surface area contributed by atoms with Crippen molar-refractivity contribution >= 4 is 12.0 Å². The highest BCUT2D eigenvalue weighted by atomic mass is 19.1. The third kappa shape index (κ3) is 5.75. The largest absolute Gasteiger partial charge is 0.487 e. The van der Waals surface area contributed by atoms with Crippen LogP contribution in [-0.4, -0.2) is 27.8 Å². The highest BCUT2D eigenvalue weighted by Crippen LogP contribution is 2.20. The fourth-order valence-corrected chi connectivity index (χ4v) is 2.48. The van der Waals surface area contributed by atoms with Crippen LogP contribution < -0.4 is 4.74 Å². The van der Waals surface area contributed by atoms with Gasteiger partial charge in [0, 0.05) is 23.4 Å². The molecule has 2 aromatic heterocycles. The topological polar surface area (TPSA) is 77.1 Å². The van der Waals surface area contributed by atoms with Crippen LogP contribution in [0.15, 0.2) is 54.9 Å². The van der Waals surface area contributed by atoms with Crippen molar-refractivity contribution in [3.8, 4) is 17.1 Å². The summed E-state index contributed by atoms with van der Waals surface area (Å²) in [4.78, 5) is 16.0. The van der Waals surface area contributed by atoms with E-state index in [2.05, 4.69) is 15.2 Å². The molecule has 29 heavy (non-hydrogen) atoms. The molecule has 0 aliphatic carbocycles. The molecule has 7 heteroatoms. The Morgan fingerprint density at radius 2 is 2.10 bits per heavy atom. The van der Waals surface area contributed by atoms with Crippen LogP contribution in [0.3, 0.4) is 0 Å². The summed E-state index contributed by atoms with van der Waals surface area (Å²) >= 11 is 0. The molecule has 0 radical (unpaired) electrons. The first-order chi connectivity index (χ1) is 14.0. The molecule has 6 nitrogen and oxygen atoms in total. The van der Waals surface area contributed by atoms with Crippen molar-refractivity contribution in [3.63, 3.8) is 0 Å². The lowest BCUT2D eigenvalue weighted by atomic mass is 10.1. The van der Waals surface area contributed by atoms with Crippen LogP contribution in [0.5, 0.6) is 5.75 Å². The lowest BCUT2D eigenvalue weighted by Gasteiger charge is -2.09. The van der Waals surface area contributed by atoms with Gasteiger partial charge in [-0.25, -0.2) is 9.18 Å². The van der Waals surface area contributed by atoms with E-state index in [0.717, 1.165) is 11.4 Å². The first-order valence-electron chi connectivity index (χ1n) is 9.23. The molecule has 1 aromatic carbocycles. The second-order valence-electron chi connectivity index (χ2n) is 6.82. The fraction of sp³-hybridized carbons (Fsp3) is 0.227. The van der Waals surface area contributed by atoms with Crippen LogP contribution in [0, 0.1) is 11.7 Å². The molecule has 1 N–H and O–H groups in total. The van der Waals surface area contributed by atoms with Crippen LogP contribution in [0.4, 0.5) is 4.39 Å². The Kier molecular flexibility index (Phi) is 6.73. The molecular weight excluding hydrogens is 373 g/mol. The van der Waals surface area contributed by atoms with E-state index >= 15 is 0 Å². The summed E-state index contributed by atoms with van der Waals surface area (Å²) < 4.78 is 25.4. The number of hydrogen-bond donors (Lipinski definition) is 1. The Hall–Kier alpha value is -3.48. The number of aromatic amines is 1. The van der Waals surface area contributed by atoms with Crippen molar-refractivity contribution in [2.45, 2.75) is 20.5 Å². The molecule has 0 aliphatic heterocycles. The van der Waals surface area contributed by atoms with E-state index in [4.69, 9.17) is 9.47 Å². The highest BCUT2D eigenvalue weighted by Gasteiger charge is 2.09. The number of nitrogens with zero attached hydrogens (tertiary/aromatic N) is 2. The van der Waals surface area contributed by atoms with E-state index in [-0.39, 0.29) is 12.5 Å². The van der Waals surface area contributed by atoms with Gasteiger partial charge in [0.05, 0.1) is 24.2 Å². The number of esters is 1. The van der Waals surface area contributed by atoms with Crippen molar-refractivity contribution in [3.05, 3.63) is 71.8 Å². The Bertz CT molecular complexity index is 967. The number of hydrogen-bond acceptors (Lipinski definition) is 5. The molecule has 0 amide bonds. The number of aromatic nitrogens is 3. The third-order valence-corrected chi connectivity index (χ3v) is 3.97. The molecule has 0 saturated carbocycles. The van der Waals surface area contributed by atoms with Crippen LogP contribution in [0.25, 0.3) is 17.5 Å². The summed E-state index contributed by atoms with van der Waals surface area (Å²) in [7, 11) is 0. The molecule has 0 unspecified atom stereocenters. The zero-order chi connectivity index (χ0) is 20.6. The van der Waals surface area contributed by atoms with Crippen LogP contribution in [-0.2, 0) is 16.1 Å². The molecule has 0 aliphatic rings. The van der Waals surface area contributed by atoms with Crippen molar-refractivity contribution in [1.82, 2.24) is 15.2 Å². The maximum atomic E-state index is 14.7. The third-order valence-electron chi connectivity index (χ3n) is 3.97. The number of benzene rings is 1. The highest BCUT2D eigenvalue weighted by molar-refractivity contribution is 5.87. The average molecular weight is 395 g/mol. The van der Waals surface area contributed by atoms with Crippen LogP contribution >= 0.6 is 0 Å². The van der Waals surface area contributed by atoms with Gasteiger partial charge in [-0.3, -0.25) is 10.1 Å². The van der Waals surface area contributed by atoms with Crippen molar-refractivity contribution in [2.24, 2.45) is 5.92 Å². The smallest absolute Gasteiger partial charge is 0.330 e. The molecular formula is C22H22FN3O3. The van der Waals surface area contributed by atoms with Gasteiger partial charge in [0.1, 0.15) is 18.2 Å². The summed E-state index contributed by atoms with van der Waals surface area (Å²) in [5.41, 5.74) is 2.20.